The van der Waals surface area contributed by atoms with Crippen molar-refractivity contribution >= 4 is 11.6 Å². The minimum Gasteiger partial charge on any atom is -0.381 e. The number of nitrogens with zero attached hydrogens (tertiary/aromatic N) is 3. The standard InChI is InChI=1S/C9H14N4O3/c1-12-6-11-9(13(14)15)8(12)10-4-7-2-3-16-5-7/h6-7,10H,2-5H2,1H3. The number of aromatic nitrogens is 2. The van der Waals surface area contributed by atoms with Gasteiger partial charge in [0, 0.05) is 26.1 Å². The Morgan fingerprint density at radius 1 is 1.81 bits per heavy atom. The van der Waals surface area contributed by atoms with Crippen molar-refractivity contribution in [1.82, 2.24) is 9.55 Å². The molecule has 0 aromatic carbocycles. The predicted molar refractivity (Wildman–Crippen MR) is 57.3 cm³/mol. The second kappa shape index (κ2) is 4.48. The van der Waals surface area contributed by atoms with Gasteiger partial charge in [0.2, 0.25) is 12.1 Å². The first-order valence-electron chi connectivity index (χ1n) is 5.16. The predicted octanol–water partition coefficient (Wildman–Crippen LogP) is 0.777. The molecule has 88 valence electrons. The lowest BCUT2D eigenvalue weighted by Gasteiger charge is -2.09. The van der Waals surface area contributed by atoms with Gasteiger partial charge in [-0.25, -0.2) is 0 Å². The molecule has 0 radical (unpaired) electrons. The molecular weight excluding hydrogens is 212 g/mol. The molecule has 1 atom stereocenters. The molecular formula is C9H14N4O3. The van der Waals surface area contributed by atoms with Crippen LogP contribution in [0.5, 0.6) is 0 Å². The number of nitrogens with one attached hydrogen (secondary N) is 1. The molecule has 0 bridgehead atoms. The number of hydrogen-bond donors (Lipinski definition) is 1. The zero-order chi connectivity index (χ0) is 11.5. The number of hydrogen-bond acceptors (Lipinski definition) is 5. The van der Waals surface area contributed by atoms with Crippen molar-refractivity contribution in [2.75, 3.05) is 25.1 Å². The smallest absolute Gasteiger partial charge is 0.381 e. The highest BCUT2D eigenvalue weighted by molar-refractivity contribution is 5.51. The fraction of sp³-hybridized carbons (Fsp3) is 0.667. The summed E-state index contributed by atoms with van der Waals surface area (Å²) in [5, 5.41) is 13.8. The highest BCUT2D eigenvalue weighted by Gasteiger charge is 2.22. The molecule has 7 heteroatoms. The van der Waals surface area contributed by atoms with Crippen molar-refractivity contribution in [3.63, 3.8) is 0 Å². The summed E-state index contributed by atoms with van der Waals surface area (Å²) in [6.07, 6.45) is 2.43. The van der Waals surface area contributed by atoms with Gasteiger partial charge in [0.15, 0.2) is 0 Å². The summed E-state index contributed by atoms with van der Waals surface area (Å²) in [5.74, 6) is 0.757. The van der Waals surface area contributed by atoms with Crippen molar-refractivity contribution < 1.29 is 9.66 Å². The SMILES string of the molecule is Cn1cnc([N+](=O)[O-])c1NCC1CCOC1. The lowest BCUT2D eigenvalue weighted by Crippen LogP contribution is -2.16. The topological polar surface area (TPSA) is 82.2 Å². The summed E-state index contributed by atoms with van der Waals surface area (Å²) >= 11 is 0. The minimum absolute atomic E-state index is 0.124. The number of imidazole rings is 1. The first kappa shape index (κ1) is 10.9. The molecule has 0 amide bonds. The molecule has 0 aliphatic carbocycles. The van der Waals surface area contributed by atoms with E-state index in [1.165, 1.54) is 6.33 Å². The minimum atomic E-state index is -0.479. The van der Waals surface area contributed by atoms with Crippen LogP contribution in [0.15, 0.2) is 6.33 Å². The summed E-state index contributed by atoms with van der Waals surface area (Å²) in [7, 11) is 1.73. The first-order chi connectivity index (χ1) is 7.68. The van der Waals surface area contributed by atoms with Crippen molar-refractivity contribution in [3.8, 4) is 0 Å². The molecule has 1 fully saturated rings. The van der Waals surface area contributed by atoms with E-state index in [9.17, 15) is 10.1 Å². The Morgan fingerprint density at radius 3 is 3.25 bits per heavy atom. The van der Waals surface area contributed by atoms with Crippen LogP contribution in [0.2, 0.25) is 0 Å². The van der Waals surface area contributed by atoms with Crippen LogP contribution in [0.4, 0.5) is 11.6 Å². The monoisotopic (exact) mass is 226 g/mol. The van der Waals surface area contributed by atoms with Crippen LogP contribution in [0, 0.1) is 16.0 Å². The summed E-state index contributed by atoms with van der Waals surface area (Å²) < 4.78 is 6.86. The number of ether oxygens (including phenoxy) is 1. The van der Waals surface area contributed by atoms with Gasteiger partial charge in [-0.05, 0) is 16.3 Å². The van der Waals surface area contributed by atoms with Crippen molar-refractivity contribution in [2.24, 2.45) is 13.0 Å². The van der Waals surface area contributed by atoms with E-state index in [4.69, 9.17) is 4.74 Å². The van der Waals surface area contributed by atoms with E-state index in [-0.39, 0.29) is 5.82 Å². The summed E-state index contributed by atoms with van der Waals surface area (Å²) in [6, 6.07) is 0. The number of rotatable bonds is 4. The third-order valence-corrected chi connectivity index (χ3v) is 2.67. The van der Waals surface area contributed by atoms with E-state index in [0.29, 0.717) is 18.3 Å². The second-order valence-electron chi connectivity index (χ2n) is 3.90. The summed E-state index contributed by atoms with van der Waals surface area (Å²) in [4.78, 5) is 13.9. The van der Waals surface area contributed by atoms with Gasteiger partial charge >= 0.3 is 5.82 Å². The van der Waals surface area contributed by atoms with Crippen molar-refractivity contribution in [3.05, 3.63) is 16.4 Å². The maximum atomic E-state index is 10.7. The normalized spacial score (nSPS) is 19.9. The lowest BCUT2D eigenvalue weighted by atomic mass is 10.1. The molecule has 1 aromatic heterocycles. The lowest BCUT2D eigenvalue weighted by molar-refractivity contribution is -0.388. The van der Waals surface area contributed by atoms with E-state index >= 15 is 0 Å². The number of nitro groups is 1. The Balaban J connectivity index is 2.02. The van der Waals surface area contributed by atoms with Crippen LogP contribution in [0.1, 0.15) is 6.42 Å². The zero-order valence-electron chi connectivity index (χ0n) is 9.05. The summed E-state index contributed by atoms with van der Waals surface area (Å²) in [5.41, 5.74) is 0. The fourth-order valence-corrected chi connectivity index (χ4v) is 1.74. The summed E-state index contributed by atoms with van der Waals surface area (Å²) in [6.45, 7) is 2.18. The van der Waals surface area contributed by atoms with Crippen LogP contribution in [-0.2, 0) is 11.8 Å². The van der Waals surface area contributed by atoms with Crippen LogP contribution in [0.3, 0.4) is 0 Å². The van der Waals surface area contributed by atoms with Gasteiger partial charge in [0.25, 0.3) is 0 Å². The van der Waals surface area contributed by atoms with Crippen LogP contribution in [0.25, 0.3) is 0 Å². The molecule has 1 aromatic rings. The van der Waals surface area contributed by atoms with Gasteiger partial charge in [-0.15, -0.1) is 0 Å². The number of aryl methyl sites for hydroxylation is 1. The van der Waals surface area contributed by atoms with Gasteiger partial charge in [0.05, 0.1) is 6.61 Å². The van der Waals surface area contributed by atoms with Crippen LogP contribution >= 0.6 is 0 Å². The quantitative estimate of drug-likeness (QED) is 0.606. The van der Waals surface area contributed by atoms with Gasteiger partial charge in [0.1, 0.15) is 0 Å². The molecule has 1 aliphatic rings. The Labute approximate surface area is 92.6 Å². The van der Waals surface area contributed by atoms with E-state index in [2.05, 4.69) is 10.3 Å². The van der Waals surface area contributed by atoms with E-state index in [1.807, 2.05) is 0 Å². The van der Waals surface area contributed by atoms with E-state index < -0.39 is 4.92 Å². The van der Waals surface area contributed by atoms with Crippen LogP contribution < -0.4 is 5.32 Å². The Kier molecular flexibility index (Phi) is 3.04. The first-order valence-corrected chi connectivity index (χ1v) is 5.16. The fourth-order valence-electron chi connectivity index (χ4n) is 1.74. The molecule has 1 aliphatic heterocycles. The van der Waals surface area contributed by atoms with E-state index in [0.717, 1.165) is 19.6 Å². The Hall–Kier alpha value is -1.63. The average molecular weight is 226 g/mol. The van der Waals surface area contributed by atoms with Crippen LogP contribution in [-0.4, -0.2) is 34.2 Å². The Morgan fingerprint density at radius 2 is 2.62 bits per heavy atom. The average Bonchev–Trinajstić information content (AvgIpc) is 2.84. The zero-order valence-corrected chi connectivity index (χ0v) is 9.05. The molecule has 2 heterocycles. The van der Waals surface area contributed by atoms with Gasteiger partial charge in [-0.2, -0.15) is 0 Å². The van der Waals surface area contributed by atoms with Gasteiger partial charge in [-0.3, -0.25) is 4.57 Å². The van der Waals surface area contributed by atoms with Gasteiger partial charge in [-0.1, -0.05) is 0 Å². The Bertz CT molecular complexity index is 384. The largest absolute Gasteiger partial charge is 0.406 e. The molecule has 1 unspecified atom stereocenters. The molecule has 0 saturated carbocycles. The highest BCUT2D eigenvalue weighted by atomic mass is 16.6. The van der Waals surface area contributed by atoms with E-state index in [1.54, 1.807) is 11.6 Å². The van der Waals surface area contributed by atoms with Crippen molar-refractivity contribution in [1.29, 1.82) is 0 Å². The molecule has 7 nitrogen and oxygen atoms in total. The third-order valence-electron chi connectivity index (χ3n) is 2.67. The van der Waals surface area contributed by atoms with Crippen molar-refractivity contribution in [2.45, 2.75) is 6.42 Å². The molecule has 16 heavy (non-hydrogen) atoms. The molecule has 0 spiro atoms. The molecule has 2 rings (SSSR count). The maximum Gasteiger partial charge on any atom is 0.406 e. The molecule has 1 N–H and O–H groups in total. The third kappa shape index (κ3) is 2.13. The van der Waals surface area contributed by atoms with Gasteiger partial charge < -0.3 is 20.2 Å². The number of anilines is 1. The molecule has 1 saturated heterocycles. The highest BCUT2D eigenvalue weighted by Crippen LogP contribution is 2.22. The maximum absolute atomic E-state index is 10.7. The second-order valence-corrected chi connectivity index (χ2v) is 3.90.